The number of Topliss-reactive ketones (excluding diaryl/α,β-unsaturated/α-hetero) is 1. The first kappa shape index (κ1) is 20.0. The van der Waals surface area contributed by atoms with Gasteiger partial charge in [-0.15, -0.1) is 11.6 Å². The molecule has 2 rings (SSSR count). The molecule has 2 heterocycles. The number of pyridine rings is 1. The monoisotopic (exact) mass is 442 g/mol. The highest BCUT2D eigenvalue weighted by atomic mass is 79.9. The second-order valence-corrected chi connectivity index (χ2v) is 6.89. The number of carbonyl (C=O) groups excluding carboxylic acids is 2. The predicted octanol–water partition coefficient (Wildman–Crippen LogP) is 3.34. The van der Waals surface area contributed by atoms with E-state index in [2.05, 4.69) is 20.9 Å². The molecule has 1 aliphatic heterocycles. The molecule has 1 aliphatic rings. The molecule has 1 aromatic rings. The zero-order valence-corrected chi connectivity index (χ0v) is 15.5. The number of nitrogens with zero attached hydrogens (tertiary/aromatic N) is 2. The lowest BCUT2D eigenvalue weighted by molar-refractivity contribution is -0.191. The normalized spacial score (nSPS) is 24.1. The lowest BCUT2D eigenvalue weighted by atomic mass is 9.73. The summed E-state index contributed by atoms with van der Waals surface area (Å²) in [6.07, 6.45) is -2.52. The Morgan fingerprint density at radius 3 is 2.72 bits per heavy atom. The lowest BCUT2D eigenvalue weighted by Gasteiger charge is -2.43. The number of piperidine rings is 1. The fourth-order valence-corrected chi connectivity index (χ4v) is 3.81. The Labute approximate surface area is 155 Å². The molecule has 0 spiro atoms. The summed E-state index contributed by atoms with van der Waals surface area (Å²) in [6.45, 7) is 1.22. The van der Waals surface area contributed by atoms with Crippen molar-refractivity contribution in [3.63, 3.8) is 0 Å². The van der Waals surface area contributed by atoms with Crippen molar-refractivity contribution in [1.82, 2.24) is 4.98 Å². The smallest absolute Gasteiger partial charge is 0.451 e. The Morgan fingerprint density at radius 2 is 2.20 bits per heavy atom. The molecule has 5 nitrogen and oxygen atoms in total. The third-order valence-corrected chi connectivity index (χ3v) is 5.21. The molecule has 0 bridgehead atoms. The van der Waals surface area contributed by atoms with Gasteiger partial charge in [-0.3, -0.25) is 14.6 Å². The summed E-state index contributed by atoms with van der Waals surface area (Å²) < 4.78 is 44.7. The number of carbonyl (C=O) groups is 2. The number of ketones is 1. The summed E-state index contributed by atoms with van der Waals surface area (Å²) >= 11 is 9.48. The summed E-state index contributed by atoms with van der Waals surface area (Å²) in [7, 11) is 0. The Hall–Kier alpha value is -1.35. The van der Waals surface area contributed by atoms with Gasteiger partial charge in [0.05, 0.1) is 22.1 Å². The van der Waals surface area contributed by atoms with Gasteiger partial charge in [0.15, 0.2) is 5.41 Å². The maximum absolute atomic E-state index is 13.1. The third kappa shape index (κ3) is 3.76. The molecule has 0 N–H and O–H groups in total. The van der Waals surface area contributed by atoms with E-state index in [0.29, 0.717) is 10.2 Å². The second kappa shape index (κ2) is 7.49. The van der Waals surface area contributed by atoms with Gasteiger partial charge in [-0.2, -0.15) is 13.2 Å². The van der Waals surface area contributed by atoms with Crippen molar-refractivity contribution in [2.45, 2.75) is 24.9 Å². The number of rotatable bonds is 4. The van der Waals surface area contributed by atoms with E-state index in [-0.39, 0.29) is 19.7 Å². The van der Waals surface area contributed by atoms with Gasteiger partial charge < -0.3 is 9.64 Å². The maximum atomic E-state index is 13.1. The molecule has 1 aromatic heterocycles. The molecule has 2 atom stereocenters. The van der Waals surface area contributed by atoms with E-state index >= 15 is 0 Å². The Balaban J connectivity index is 2.36. The quantitative estimate of drug-likeness (QED) is 0.406. The average molecular weight is 444 g/mol. The highest BCUT2D eigenvalue weighted by Crippen LogP contribution is 2.44. The SMILES string of the molecule is CCOC(=O)C1(C(=O)C(F)(F)F)CCN(c2ccncc2Br)CC1Cl. The number of halogens is 5. The Kier molecular flexibility index (Phi) is 5.98. The van der Waals surface area contributed by atoms with Crippen LogP contribution in [0.4, 0.5) is 18.9 Å². The van der Waals surface area contributed by atoms with Crippen molar-refractivity contribution in [1.29, 1.82) is 0 Å². The van der Waals surface area contributed by atoms with E-state index < -0.39 is 35.1 Å². The number of ether oxygens (including phenoxy) is 1. The largest absolute Gasteiger partial charge is 0.465 e. The standard InChI is InChI=1S/C15H15BrClF3N2O3/c1-2-25-13(24)14(12(23)15(18,19)20)4-6-22(8-11(14)17)10-3-5-21-7-9(10)16/h3,5,7,11H,2,4,6,8H2,1H3. The van der Waals surface area contributed by atoms with Crippen LogP contribution in [0.15, 0.2) is 22.9 Å². The van der Waals surface area contributed by atoms with E-state index in [1.165, 1.54) is 19.3 Å². The van der Waals surface area contributed by atoms with Crippen LogP contribution in [0.3, 0.4) is 0 Å². The van der Waals surface area contributed by atoms with Crippen LogP contribution in [0.2, 0.25) is 0 Å². The van der Waals surface area contributed by atoms with Crippen molar-refractivity contribution in [2.75, 3.05) is 24.6 Å². The number of alkyl halides is 4. The van der Waals surface area contributed by atoms with Gasteiger partial charge in [0.25, 0.3) is 5.78 Å². The van der Waals surface area contributed by atoms with Crippen LogP contribution in [0, 0.1) is 5.41 Å². The summed E-state index contributed by atoms with van der Waals surface area (Å²) in [5.74, 6) is -3.39. The second-order valence-electron chi connectivity index (χ2n) is 5.51. The summed E-state index contributed by atoms with van der Waals surface area (Å²) in [6, 6.07) is 1.66. The minimum absolute atomic E-state index is 0.0342. The Morgan fingerprint density at radius 1 is 1.52 bits per heavy atom. The summed E-state index contributed by atoms with van der Waals surface area (Å²) in [5, 5.41) is -1.39. The fraction of sp³-hybridized carbons (Fsp3) is 0.533. The number of aromatic nitrogens is 1. The highest BCUT2D eigenvalue weighted by Gasteiger charge is 2.63. The van der Waals surface area contributed by atoms with E-state index in [9.17, 15) is 22.8 Å². The molecule has 0 aromatic carbocycles. The molecule has 2 unspecified atom stereocenters. The molecule has 1 saturated heterocycles. The molecular formula is C15H15BrClF3N2O3. The van der Waals surface area contributed by atoms with Gasteiger partial charge in [0.1, 0.15) is 0 Å². The zero-order valence-electron chi connectivity index (χ0n) is 13.1. The molecule has 10 heteroatoms. The minimum atomic E-state index is -5.18. The van der Waals surface area contributed by atoms with Crippen LogP contribution in [0.1, 0.15) is 13.3 Å². The van der Waals surface area contributed by atoms with Crippen molar-refractivity contribution < 1.29 is 27.5 Å². The first-order chi connectivity index (χ1) is 11.6. The zero-order chi connectivity index (χ0) is 18.8. The molecule has 25 heavy (non-hydrogen) atoms. The molecular weight excluding hydrogens is 429 g/mol. The van der Waals surface area contributed by atoms with E-state index in [1.807, 2.05) is 0 Å². The van der Waals surface area contributed by atoms with Gasteiger partial charge in [0.2, 0.25) is 0 Å². The first-order valence-corrected chi connectivity index (χ1v) is 8.65. The average Bonchev–Trinajstić information content (AvgIpc) is 2.54. The van der Waals surface area contributed by atoms with Gasteiger partial charge in [-0.1, -0.05) is 0 Å². The fourth-order valence-electron chi connectivity index (χ4n) is 2.84. The number of hydrogen-bond acceptors (Lipinski definition) is 5. The molecule has 0 saturated carbocycles. The minimum Gasteiger partial charge on any atom is -0.465 e. The van der Waals surface area contributed by atoms with Crippen molar-refractivity contribution in [2.24, 2.45) is 5.41 Å². The topological polar surface area (TPSA) is 59.5 Å². The van der Waals surface area contributed by atoms with Gasteiger partial charge in [-0.25, -0.2) is 0 Å². The number of esters is 1. The highest BCUT2D eigenvalue weighted by molar-refractivity contribution is 9.10. The summed E-state index contributed by atoms with van der Waals surface area (Å²) in [4.78, 5) is 29.9. The number of hydrogen-bond donors (Lipinski definition) is 0. The molecule has 0 amide bonds. The van der Waals surface area contributed by atoms with E-state index in [1.54, 1.807) is 11.0 Å². The molecule has 0 aliphatic carbocycles. The molecule has 0 radical (unpaired) electrons. The van der Waals surface area contributed by atoms with Crippen molar-refractivity contribution >= 4 is 45.0 Å². The van der Waals surface area contributed by atoms with E-state index in [4.69, 9.17) is 16.3 Å². The van der Waals surface area contributed by atoms with Crippen LogP contribution in [0.5, 0.6) is 0 Å². The van der Waals surface area contributed by atoms with Crippen LogP contribution in [-0.2, 0) is 14.3 Å². The predicted molar refractivity (Wildman–Crippen MR) is 88.5 cm³/mol. The van der Waals surface area contributed by atoms with Crippen LogP contribution in [-0.4, -0.2) is 48.0 Å². The summed E-state index contributed by atoms with van der Waals surface area (Å²) in [5.41, 5.74) is -1.77. The van der Waals surface area contributed by atoms with Gasteiger partial charge in [-0.05, 0) is 35.3 Å². The lowest BCUT2D eigenvalue weighted by Crippen LogP contribution is -2.60. The van der Waals surface area contributed by atoms with Gasteiger partial charge >= 0.3 is 12.1 Å². The van der Waals surface area contributed by atoms with E-state index in [0.717, 1.165) is 0 Å². The molecule has 138 valence electrons. The third-order valence-electron chi connectivity index (χ3n) is 4.09. The first-order valence-electron chi connectivity index (χ1n) is 7.42. The van der Waals surface area contributed by atoms with Crippen LogP contribution in [0.25, 0.3) is 0 Å². The van der Waals surface area contributed by atoms with Crippen LogP contribution >= 0.6 is 27.5 Å². The van der Waals surface area contributed by atoms with Crippen LogP contribution < -0.4 is 4.90 Å². The van der Waals surface area contributed by atoms with Crippen molar-refractivity contribution in [3.8, 4) is 0 Å². The maximum Gasteiger partial charge on any atom is 0.451 e. The molecule has 1 fully saturated rings. The number of anilines is 1. The van der Waals surface area contributed by atoms with Gasteiger partial charge in [0, 0.05) is 25.5 Å². The Bertz CT molecular complexity index is 674. The van der Waals surface area contributed by atoms with Crippen molar-refractivity contribution in [3.05, 3.63) is 22.9 Å².